The maximum Gasteiger partial charge on any atom is -0.00745 e. The molecule has 0 saturated heterocycles. The second kappa shape index (κ2) is 5.16. The molecule has 0 radical (unpaired) electrons. The molecule has 1 heteroatoms. The van der Waals surface area contributed by atoms with Crippen molar-refractivity contribution in [2.75, 3.05) is 6.54 Å². The normalized spacial score (nSPS) is 38.8. The Bertz CT molecular complexity index is 161. The summed E-state index contributed by atoms with van der Waals surface area (Å²) in [6.07, 6.45) is 13.3. The second-order valence-corrected chi connectivity index (χ2v) is 5.33. The molecule has 2 fully saturated rings. The van der Waals surface area contributed by atoms with Gasteiger partial charge in [-0.3, -0.25) is 0 Å². The predicted molar refractivity (Wildman–Crippen MR) is 61.1 cm³/mol. The summed E-state index contributed by atoms with van der Waals surface area (Å²) in [5.41, 5.74) is 5.70. The topological polar surface area (TPSA) is 26.0 Å². The Labute approximate surface area is 88.4 Å². The zero-order valence-electron chi connectivity index (χ0n) is 9.38. The smallest absolute Gasteiger partial charge is 0.00745 e. The SMILES string of the molecule is NCCC1CCC2CCCCCCC12. The lowest BCUT2D eigenvalue weighted by molar-refractivity contribution is 0.243. The van der Waals surface area contributed by atoms with Crippen LogP contribution in [-0.2, 0) is 0 Å². The minimum absolute atomic E-state index is 0.911. The van der Waals surface area contributed by atoms with E-state index >= 15 is 0 Å². The number of rotatable bonds is 2. The molecule has 82 valence electrons. The van der Waals surface area contributed by atoms with E-state index in [0.29, 0.717) is 0 Å². The number of fused-ring (bicyclic) bond motifs is 1. The van der Waals surface area contributed by atoms with Gasteiger partial charge in [-0.05, 0) is 50.0 Å². The Morgan fingerprint density at radius 2 is 1.64 bits per heavy atom. The molecule has 0 heterocycles. The van der Waals surface area contributed by atoms with E-state index in [2.05, 4.69) is 0 Å². The maximum absolute atomic E-state index is 5.70. The lowest BCUT2D eigenvalue weighted by Gasteiger charge is -2.26. The first-order valence-electron chi connectivity index (χ1n) is 6.62. The highest BCUT2D eigenvalue weighted by molar-refractivity contribution is 4.85. The van der Waals surface area contributed by atoms with Gasteiger partial charge in [-0.15, -0.1) is 0 Å². The molecule has 0 aromatic heterocycles. The Balaban J connectivity index is 1.91. The third-order valence-corrected chi connectivity index (χ3v) is 4.52. The van der Waals surface area contributed by atoms with E-state index in [9.17, 15) is 0 Å². The van der Waals surface area contributed by atoms with Gasteiger partial charge in [0, 0.05) is 0 Å². The van der Waals surface area contributed by atoms with Crippen LogP contribution in [0.4, 0.5) is 0 Å². The standard InChI is InChI=1S/C13H25N/c14-10-9-12-8-7-11-5-3-1-2-4-6-13(11)12/h11-13H,1-10,14H2. The van der Waals surface area contributed by atoms with Crippen molar-refractivity contribution in [3.05, 3.63) is 0 Å². The van der Waals surface area contributed by atoms with Crippen LogP contribution in [0.1, 0.15) is 57.8 Å². The van der Waals surface area contributed by atoms with Crippen molar-refractivity contribution >= 4 is 0 Å². The summed E-state index contributed by atoms with van der Waals surface area (Å²) in [5.74, 6) is 3.12. The molecule has 3 unspecified atom stereocenters. The molecule has 3 atom stereocenters. The van der Waals surface area contributed by atoms with Crippen molar-refractivity contribution in [2.24, 2.45) is 23.5 Å². The first-order valence-corrected chi connectivity index (χ1v) is 6.62. The minimum atomic E-state index is 0.911. The highest BCUT2D eigenvalue weighted by Gasteiger charge is 2.34. The van der Waals surface area contributed by atoms with E-state index < -0.39 is 0 Å². The molecular formula is C13H25N. The highest BCUT2D eigenvalue weighted by atomic mass is 14.5. The maximum atomic E-state index is 5.70. The molecule has 14 heavy (non-hydrogen) atoms. The van der Waals surface area contributed by atoms with Crippen molar-refractivity contribution in [1.82, 2.24) is 0 Å². The molecule has 0 spiro atoms. The average molecular weight is 195 g/mol. The highest BCUT2D eigenvalue weighted by Crippen LogP contribution is 2.45. The fraction of sp³-hybridized carbons (Fsp3) is 1.00. The molecule has 2 aliphatic rings. The predicted octanol–water partition coefficient (Wildman–Crippen LogP) is 3.33. The van der Waals surface area contributed by atoms with E-state index in [1.165, 1.54) is 57.8 Å². The van der Waals surface area contributed by atoms with Gasteiger partial charge in [0.15, 0.2) is 0 Å². The van der Waals surface area contributed by atoms with Crippen LogP contribution >= 0.6 is 0 Å². The lowest BCUT2D eigenvalue weighted by atomic mass is 9.79. The van der Waals surface area contributed by atoms with E-state index in [1.54, 1.807) is 0 Å². The van der Waals surface area contributed by atoms with Crippen molar-refractivity contribution in [1.29, 1.82) is 0 Å². The number of hydrogen-bond acceptors (Lipinski definition) is 1. The van der Waals surface area contributed by atoms with Crippen molar-refractivity contribution in [2.45, 2.75) is 57.8 Å². The molecule has 0 aromatic rings. The van der Waals surface area contributed by atoms with E-state index in [1.807, 2.05) is 0 Å². The summed E-state index contributed by atoms with van der Waals surface area (Å²) >= 11 is 0. The molecule has 0 bridgehead atoms. The largest absolute Gasteiger partial charge is 0.330 e. The zero-order chi connectivity index (χ0) is 9.80. The summed E-state index contributed by atoms with van der Waals surface area (Å²) in [4.78, 5) is 0. The van der Waals surface area contributed by atoms with Gasteiger partial charge in [0.25, 0.3) is 0 Å². The van der Waals surface area contributed by atoms with Gasteiger partial charge < -0.3 is 5.73 Å². The Morgan fingerprint density at radius 3 is 2.43 bits per heavy atom. The fourth-order valence-corrected chi connectivity index (χ4v) is 3.78. The summed E-state index contributed by atoms with van der Waals surface area (Å²) in [7, 11) is 0. The van der Waals surface area contributed by atoms with E-state index in [0.717, 1.165) is 24.3 Å². The van der Waals surface area contributed by atoms with Crippen LogP contribution in [0, 0.1) is 17.8 Å². The third kappa shape index (κ3) is 2.31. The van der Waals surface area contributed by atoms with Crippen LogP contribution in [0.5, 0.6) is 0 Å². The number of hydrogen-bond donors (Lipinski definition) is 1. The molecule has 0 aromatic carbocycles. The van der Waals surface area contributed by atoms with Crippen LogP contribution in [0.2, 0.25) is 0 Å². The van der Waals surface area contributed by atoms with Crippen LogP contribution in [0.15, 0.2) is 0 Å². The average Bonchev–Trinajstić information content (AvgIpc) is 2.48. The second-order valence-electron chi connectivity index (χ2n) is 5.33. The van der Waals surface area contributed by atoms with E-state index in [4.69, 9.17) is 5.73 Å². The van der Waals surface area contributed by atoms with Gasteiger partial charge in [0.1, 0.15) is 0 Å². The van der Waals surface area contributed by atoms with Gasteiger partial charge >= 0.3 is 0 Å². The number of nitrogens with two attached hydrogens (primary N) is 1. The first kappa shape index (κ1) is 10.5. The van der Waals surface area contributed by atoms with Crippen LogP contribution in [-0.4, -0.2) is 6.54 Å². The summed E-state index contributed by atoms with van der Waals surface area (Å²) < 4.78 is 0. The fourth-order valence-electron chi connectivity index (χ4n) is 3.78. The quantitative estimate of drug-likeness (QED) is 0.718. The molecular weight excluding hydrogens is 170 g/mol. The van der Waals surface area contributed by atoms with Crippen molar-refractivity contribution in [3.63, 3.8) is 0 Å². The minimum Gasteiger partial charge on any atom is -0.330 e. The Morgan fingerprint density at radius 1 is 0.857 bits per heavy atom. The molecule has 0 aliphatic heterocycles. The summed E-state index contributed by atoms with van der Waals surface area (Å²) in [6, 6.07) is 0. The van der Waals surface area contributed by atoms with Gasteiger partial charge in [-0.1, -0.05) is 32.1 Å². The first-order chi connectivity index (χ1) is 6.92. The summed E-state index contributed by atoms with van der Waals surface area (Å²) in [6.45, 7) is 0.911. The molecule has 2 N–H and O–H groups in total. The summed E-state index contributed by atoms with van der Waals surface area (Å²) in [5, 5.41) is 0. The monoisotopic (exact) mass is 195 g/mol. The van der Waals surface area contributed by atoms with Gasteiger partial charge in [0.05, 0.1) is 0 Å². The van der Waals surface area contributed by atoms with Crippen LogP contribution < -0.4 is 5.73 Å². The zero-order valence-corrected chi connectivity index (χ0v) is 9.38. The Kier molecular flexibility index (Phi) is 3.86. The van der Waals surface area contributed by atoms with Crippen molar-refractivity contribution < 1.29 is 0 Å². The van der Waals surface area contributed by atoms with Gasteiger partial charge in [-0.25, -0.2) is 0 Å². The van der Waals surface area contributed by atoms with Gasteiger partial charge in [-0.2, -0.15) is 0 Å². The third-order valence-electron chi connectivity index (χ3n) is 4.52. The molecule has 2 rings (SSSR count). The van der Waals surface area contributed by atoms with Crippen molar-refractivity contribution in [3.8, 4) is 0 Å². The van der Waals surface area contributed by atoms with Crippen LogP contribution in [0.3, 0.4) is 0 Å². The Hall–Kier alpha value is -0.0400. The molecule has 1 nitrogen and oxygen atoms in total. The van der Waals surface area contributed by atoms with E-state index in [-0.39, 0.29) is 0 Å². The lowest BCUT2D eigenvalue weighted by Crippen LogP contribution is -2.19. The molecule has 0 amide bonds. The molecule has 2 aliphatic carbocycles. The molecule has 2 saturated carbocycles. The van der Waals surface area contributed by atoms with Gasteiger partial charge in [0.2, 0.25) is 0 Å². The van der Waals surface area contributed by atoms with Crippen LogP contribution in [0.25, 0.3) is 0 Å².